The van der Waals surface area contributed by atoms with Crippen molar-refractivity contribution >= 4 is 5.96 Å². The molecule has 0 atom stereocenters. The Balaban J connectivity index is 1.77. The molecule has 0 aliphatic heterocycles. The van der Waals surface area contributed by atoms with Crippen LogP contribution in [-0.2, 0) is 11.3 Å². The number of hydrogen-bond acceptors (Lipinski definition) is 4. The average molecular weight is 360 g/mol. The summed E-state index contributed by atoms with van der Waals surface area (Å²) in [6.07, 6.45) is 2.63. The molecule has 0 unspecified atom stereocenters. The third kappa shape index (κ3) is 7.06. The molecule has 2 rings (SSSR count). The summed E-state index contributed by atoms with van der Waals surface area (Å²) in [5.41, 5.74) is 0.980. The molecule has 0 fully saturated rings. The van der Waals surface area contributed by atoms with Gasteiger partial charge in [-0.2, -0.15) is 0 Å². The number of aromatic nitrogens is 1. The highest BCUT2D eigenvalue weighted by molar-refractivity contribution is 5.79. The summed E-state index contributed by atoms with van der Waals surface area (Å²) in [6, 6.07) is 9.61. The normalized spacial score (nSPS) is 11.3. The number of aliphatic imine (C=N–C) groups is 1. The van der Waals surface area contributed by atoms with Gasteiger partial charge in [0.05, 0.1) is 0 Å². The van der Waals surface area contributed by atoms with Crippen LogP contribution in [0.4, 0.5) is 4.39 Å². The van der Waals surface area contributed by atoms with Crippen LogP contribution in [0.15, 0.2) is 47.6 Å². The zero-order valence-corrected chi connectivity index (χ0v) is 15.2. The first-order valence-corrected chi connectivity index (χ1v) is 8.62. The largest absolute Gasteiger partial charge is 0.439 e. The first-order chi connectivity index (χ1) is 12.7. The van der Waals surface area contributed by atoms with Gasteiger partial charge in [0, 0.05) is 51.7 Å². The van der Waals surface area contributed by atoms with Crippen LogP contribution in [0.3, 0.4) is 0 Å². The van der Waals surface area contributed by atoms with Gasteiger partial charge in [-0.25, -0.2) is 9.37 Å². The highest BCUT2D eigenvalue weighted by Gasteiger charge is 2.02. The number of nitrogens with one attached hydrogen (secondary N) is 2. The van der Waals surface area contributed by atoms with E-state index in [2.05, 4.69) is 20.6 Å². The fourth-order valence-corrected chi connectivity index (χ4v) is 2.16. The molecule has 2 aromatic rings. The molecule has 1 aromatic carbocycles. The Hall–Kier alpha value is -2.67. The molecule has 26 heavy (non-hydrogen) atoms. The van der Waals surface area contributed by atoms with Crippen LogP contribution >= 0.6 is 0 Å². The van der Waals surface area contributed by atoms with E-state index in [0.717, 1.165) is 37.7 Å². The van der Waals surface area contributed by atoms with E-state index in [9.17, 15) is 4.39 Å². The van der Waals surface area contributed by atoms with E-state index >= 15 is 0 Å². The standard InChI is InChI=1S/C19H25FN4O2/c1-3-25-11-5-10-22-19(21-2)24-14-15-8-9-18(23-13-15)26-17-7-4-6-16(20)12-17/h4,6-9,12-13H,3,5,10-11,14H2,1-2H3,(H2,21,22,24). The van der Waals surface area contributed by atoms with Crippen LogP contribution in [0.2, 0.25) is 0 Å². The van der Waals surface area contributed by atoms with Crippen molar-refractivity contribution in [3.63, 3.8) is 0 Å². The minimum Gasteiger partial charge on any atom is -0.439 e. The zero-order chi connectivity index (χ0) is 18.6. The molecule has 140 valence electrons. The van der Waals surface area contributed by atoms with E-state index in [1.807, 2.05) is 13.0 Å². The molecule has 2 N–H and O–H groups in total. The van der Waals surface area contributed by atoms with Gasteiger partial charge in [-0.1, -0.05) is 12.1 Å². The van der Waals surface area contributed by atoms with E-state index in [1.165, 1.54) is 12.1 Å². The Bertz CT molecular complexity index is 692. The topological polar surface area (TPSA) is 67.8 Å². The van der Waals surface area contributed by atoms with E-state index in [4.69, 9.17) is 9.47 Å². The second kappa shape index (κ2) is 11.0. The fraction of sp³-hybridized carbons (Fsp3) is 0.368. The molecule has 0 bridgehead atoms. The minimum atomic E-state index is -0.344. The van der Waals surface area contributed by atoms with Gasteiger partial charge in [-0.15, -0.1) is 0 Å². The SMILES string of the molecule is CCOCCCNC(=NC)NCc1ccc(Oc2cccc(F)c2)nc1. The van der Waals surface area contributed by atoms with Crippen molar-refractivity contribution < 1.29 is 13.9 Å². The summed E-state index contributed by atoms with van der Waals surface area (Å²) < 4.78 is 24.0. The number of hydrogen-bond donors (Lipinski definition) is 2. The second-order valence-electron chi connectivity index (χ2n) is 5.47. The Morgan fingerprint density at radius 3 is 2.81 bits per heavy atom. The Labute approximate surface area is 153 Å². The fourth-order valence-electron chi connectivity index (χ4n) is 2.16. The van der Waals surface area contributed by atoms with Gasteiger partial charge in [0.1, 0.15) is 11.6 Å². The Kier molecular flexibility index (Phi) is 8.35. The lowest BCUT2D eigenvalue weighted by Crippen LogP contribution is -2.37. The number of halogens is 1. The van der Waals surface area contributed by atoms with Gasteiger partial charge < -0.3 is 20.1 Å². The van der Waals surface area contributed by atoms with E-state index in [0.29, 0.717) is 18.2 Å². The molecular weight excluding hydrogens is 335 g/mol. The summed E-state index contributed by atoms with van der Waals surface area (Å²) in [6.45, 7) is 4.82. The van der Waals surface area contributed by atoms with Crippen LogP contribution in [0.25, 0.3) is 0 Å². The molecule has 0 amide bonds. The molecular formula is C19H25FN4O2. The Morgan fingerprint density at radius 2 is 2.12 bits per heavy atom. The summed E-state index contributed by atoms with van der Waals surface area (Å²) >= 11 is 0. The van der Waals surface area contributed by atoms with Crippen molar-refractivity contribution in [2.45, 2.75) is 19.9 Å². The van der Waals surface area contributed by atoms with Crippen LogP contribution in [-0.4, -0.2) is 37.7 Å². The van der Waals surface area contributed by atoms with Crippen LogP contribution in [0, 0.1) is 5.82 Å². The van der Waals surface area contributed by atoms with Gasteiger partial charge >= 0.3 is 0 Å². The molecule has 0 radical (unpaired) electrons. The predicted molar refractivity (Wildman–Crippen MR) is 100 cm³/mol. The maximum atomic E-state index is 13.2. The van der Waals surface area contributed by atoms with E-state index in [1.54, 1.807) is 31.4 Å². The Morgan fingerprint density at radius 1 is 1.23 bits per heavy atom. The smallest absolute Gasteiger partial charge is 0.219 e. The van der Waals surface area contributed by atoms with E-state index in [-0.39, 0.29) is 5.82 Å². The average Bonchev–Trinajstić information content (AvgIpc) is 2.65. The van der Waals surface area contributed by atoms with Crippen molar-refractivity contribution in [2.75, 3.05) is 26.8 Å². The van der Waals surface area contributed by atoms with Gasteiger partial charge in [0.15, 0.2) is 5.96 Å². The molecule has 0 saturated carbocycles. The summed E-state index contributed by atoms with van der Waals surface area (Å²) in [5, 5.41) is 6.45. The molecule has 6 nitrogen and oxygen atoms in total. The second-order valence-corrected chi connectivity index (χ2v) is 5.47. The first-order valence-electron chi connectivity index (χ1n) is 8.62. The quantitative estimate of drug-likeness (QED) is 0.409. The van der Waals surface area contributed by atoms with Crippen molar-refractivity contribution in [3.05, 3.63) is 54.0 Å². The summed E-state index contributed by atoms with van der Waals surface area (Å²) in [5.74, 6) is 1.21. The maximum Gasteiger partial charge on any atom is 0.219 e. The lowest BCUT2D eigenvalue weighted by Gasteiger charge is -2.12. The monoisotopic (exact) mass is 360 g/mol. The molecule has 7 heteroatoms. The highest BCUT2D eigenvalue weighted by Crippen LogP contribution is 2.19. The van der Waals surface area contributed by atoms with Crippen molar-refractivity contribution in [1.29, 1.82) is 0 Å². The number of nitrogens with zero attached hydrogens (tertiary/aromatic N) is 2. The third-order valence-corrected chi connectivity index (χ3v) is 3.46. The number of guanidine groups is 1. The molecule has 0 spiro atoms. The maximum absolute atomic E-state index is 13.2. The number of benzene rings is 1. The molecule has 0 saturated heterocycles. The lowest BCUT2D eigenvalue weighted by atomic mass is 10.3. The number of pyridine rings is 1. The minimum absolute atomic E-state index is 0.344. The number of rotatable bonds is 9. The van der Waals surface area contributed by atoms with Crippen molar-refractivity contribution in [2.24, 2.45) is 4.99 Å². The van der Waals surface area contributed by atoms with Gasteiger partial charge in [-0.05, 0) is 31.0 Å². The first kappa shape index (κ1) is 19.7. The predicted octanol–water partition coefficient (Wildman–Crippen LogP) is 3.10. The van der Waals surface area contributed by atoms with Gasteiger partial charge in [-0.3, -0.25) is 4.99 Å². The summed E-state index contributed by atoms with van der Waals surface area (Å²) in [4.78, 5) is 8.42. The molecule has 1 heterocycles. The molecule has 0 aliphatic carbocycles. The highest BCUT2D eigenvalue weighted by atomic mass is 19.1. The van der Waals surface area contributed by atoms with Crippen molar-refractivity contribution in [3.8, 4) is 11.6 Å². The van der Waals surface area contributed by atoms with Gasteiger partial charge in [0.25, 0.3) is 0 Å². The summed E-state index contributed by atoms with van der Waals surface area (Å²) in [7, 11) is 1.73. The molecule has 1 aromatic heterocycles. The van der Waals surface area contributed by atoms with Crippen LogP contribution < -0.4 is 15.4 Å². The molecule has 0 aliphatic rings. The van der Waals surface area contributed by atoms with Crippen LogP contribution in [0.1, 0.15) is 18.9 Å². The van der Waals surface area contributed by atoms with E-state index < -0.39 is 0 Å². The van der Waals surface area contributed by atoms with Crippen LogP contribution in [0.5, 0.6) is 11.6 Å². The zero-order valence-electron chi connectivity index (χ0n) is 15.2. The number of ether oxygens (including phenoxy) is 2. The lowest BCUT2D eigenvalue weighted by molar-refractivity contribution is 0.145. The van der Waals surface area contributed by atoms with Crippen molar-refractivity contribution in [1.82, 2.24) is 15.6 Å². The van der Waals surface area contributed by atoms with Gasteiger partial charge in [0.2, 0.25) is 5.88 Å². The third-order valence-electron chi connectivity index (χ3n) is 3.46.